The van der Waals surface area contributed by atoms with Crippen LogP contribution >= 0.6 is 12.4 Å². The van der Waals surface area contributed by atoms with E-state index in [4.69, 9.17) is 0 Å². The fraction of sp³-hybridized carbons (Fsp3) is 1.00. The van der Waals surface area contributed by atoms with Crippen LogP contribution in [0.5, 0.6) is 0 Å². The number of piperidine rings is 1. The van der Waals surface area contributed by atoms with E-state index in [2.05, 4.69) is 5.32 Å². The molecule has 0 aromatic rings. The Balaban J connectivity index is 0.000000845. The average molecular weight is 212 g/mol. The molecule has 4 heteroatoms. The van der Waals surface area contributed by atoms with E-state index in [0.29, 0.717) is 13.0 Å². The molecule has 1 aliphatic heterocycles. The molecule has 1 N–H and O–H groups in total. The van der Waals surface area contributed by atoms with Crippen LogP contribution in [0.2, 0.25) is 0 Å². The van der Waals surface area contributed by atoms with Gasteiger partial charge >= 0.3 is 0 Å². The van der Waals surface area contributed by atoms with E-state index in [1.165, 1.54) is 0 Å². The molecule has 1 aliphatic carbocycles. The third-order valence-electron chi connectivity index (χ3n) is 2.96. The molecule has 0 amide bonds. The van der Waals surface area contributed by atoms with Gasteiger partial charge in [-0.2, -0.15) is 0 Å². The highest BCUT2D eigenvalue weighted by molar-refractivity contribution is 5.85. The molecule has 13 heavy (non-hydrogen) atoms. The van der Waals surface area contributed by atoms with Crippen LogP contribution in [0.1, 0.15) is 25.7 Å². The topological polar surface area (TPSA) is 12.0 Å². The molecule has 78 valence electrons. The monoisotopic (exact) mass is 211 g/mol. The number of alkyl halides is 2. The Hall–Kier alpha value is 0.110. The summed E-state index contributed by atoms with van der Waals surface area (Å²) in [7, 11) is 0. The molecular weight excluding hydrogens is 196 g/mol. The van der Waals surface area contributed by atoms with E-state index in [1.54, 1.807) is 0 Å². The van der Waals surface area contributed by atoms with Crippen molar-refractivity contribution in [1.29, 1.82) is 0 Å². The first-order valence-corrected chi connectivity index (χ1v) is 4.80. The van der Waals surface area contributed by atoms with Crippen molar-refractivity contribution in [3.05, 3.63) is 0 Å². The third-order valence-corrected chi connectivity index (χ3v) is 2.96. The van der Waals surface area contributed by atoms with Crippen molar-refractivity contribution >= 4 is 12.4 Å². The van der Waals surface area contributed by atoms with Gasteiger partial charge < -0.3 is 5.32 Å². The summed E-state index contributed by atoms with van der Waals surface area (Å²) in [5.74, 6) is -3.06. The molecule has 1 unspecified atom stereocenters. The maximum atomic E-state index is 13.5. The second-order valence-electron chi connectivity index (χ2n) is 3.99. The predicted molar refractivity (Wildman–Crippen MR) is 50.5 cm³/mol. The van der Waals surface area contributed by atoms with Crippen molar-refractivity contribution in [3.8, 4) is 0 Å². The Labute approximate surface area is 83.7 Å². The van der Waals surface area contributed by atoms with Crippen molar-refractivity contribution in [2.24, 2.45) is 11.8 Å². The Morgan fingerprint density at radius 2 is 1.77 bits per heavy atom. The van der Waals surface area contributed by atoms with Gasteiger partial charge in [-0.1, -0.05) is 0 Å². The number of nitrogens with one attached hydrogen (secondary N) is 1. The zero-order valence-corrected chi connectivity index (χ0v) is 8.38. The number of halogens is 3. The standard InChI is InChI=1S/C9H15F2N.ClH/c10-9(11,7-3-4-7)8-2-1-5-12-6-8;/h7-8,12H,1-6H2;1H. The first-order valence-electron chi connectivity index (χ1n) is 4.80. The highest BCUT2D eigenvalue weighted by Crippen LogP contribution is 2.48. The van der Waals surface area contributed by atoms with E-state index in [1.807, 2.05) is 0 Å². The summed E-state index contributed by atoms with van der Waals surface area (Å²) in [6.07, 6.45) is 3.09. The first-order chi connectivity index (χ1) is 5.71. The number of hydrogen-bond donors (Lipinski definition) is 1. The molecule has 1 saturated heterocycles. The first kappa shape index (κ1) is 11.2. The van der Waals surface area contributed by atoms with Gasteiger partial charge in [-0.05, 0) is 32.2 Å². The lowest BCUT2D eigenvalue weighted by molar-refractivity contribution is -0.0850. The molecule has 0 radical (unpaired) electrons. The van der Waals surface area contributed by atoms with Gasteiger partial charge in [-0.15, -0.1) is 12.4 Å². The minimum absolute atomic E-state index is 0. The molecule has 1 heterocycles. The summed E-state index contributed by atoms with van der Waals surface area (Å²) in [5, 5.41) is 3.04. The fourth-order valence-corrected chi connectivity index (χ4v) is 1.98. The van der Waals surface area contributed by atoms with E-state index in [-0.39, 0.29) is 18.3 Å². The second kappa shape index (κ2) is 4.09. The van der Waals surface area contributed by atoms with Crippen LogP contribution < -0.4 is 5.32 Å². The van der Waals surface area contributed by atoms with Crippen LogP contribution in [0.15, 0.2) is 0 Å². The van der Waals surface area contributed by atoms with Crippen molar-refractivity contribution in [2.45, 2.75) is 31.6 Å². The molecular formula is C9H16ClF2N. The molecule has 2 aliphatic rings. The van der Waals surface area contributed by atoms with Crippen LogP contribution in [0.4, 0.5) is 8.78 Å². The minimum atomic E-state index is -2.38. The van der Waals surface area contributed by atoms with Gasteiger partial charge in [0, 0.05) is 18.4 Å². The van der Waals surface area contributed by atoms with Crippen LogP contribution in [-0.4, -0.2) is 19.0 Å². The summed E-state index contributed by atoms with van der Waals surface area (Å²) in [5.41, 5.74) is 0. The minimum Gasteiger partial charge on any atom is -0.316 e. The number of rotatable bonds is 2. The highest BCUT2D eigenvalue weighted by Gasteiger charge is 2.51. The average Bonchev–Trinajstić information content (AvgIpc) is 2.88. The van der Waals surface area contributed by atoms with Crippen LogP contribution in [-0.2, 0) is 0 Å². The Bertz CT molecular complexity index is 165. The van der Waals surface area contributed by atoms with Gasteiger partial charge in [0.25, 0.3) is 5.92 Å². The lowest BCUT2D eigenvalue weighted by Crippen LogP contribution is -2.41. The molecule has 0 aromatic heterocycles. The molecule has 1 nitrogen and oxygen atoms in total. The van der Waals surface area contributed by atoms with Gasteiger partial charge in [0.15, 0.2) is 0 Å². The van der Waals surface area contributed by atoms with Crippen molar-refractivity contribution < 1.29 is 8.78 Å². The summed E-state index contributed by atoms with van der Waals surface area (Å²) < 4.78 is 26.9. The van der Waals surface area contributed by atoms with Gasteiger partial charge in [-0.3, -0.25) is 0 Å². The summed E-state index contributed by atoms with van der Waals surface area (Å²) in [4.78, 5) is 0. The summed E-state index contributed by atoms with van der Waals surface area (Å²) >= 11 is 0. The molecule has 2 fully saturated rings. The largest absolute Gasteiger partial charge is 0.316 e. The van der Waals surface area contributed by atoms with Crippen LogP contribution in [0, 0.1) is 11.8 Å². The van der Waals surface area contributed by atoms with Gasteiger partial charge in [0.2, 0.25) is 0 Å². The van der Waals surface area contributed by atoms with Crippen molar-refractivity contribution in [2.75, 3.05) is 13.1 Å². The van der Waals surface area contributed by atoms with Crippen LogP contribution in [0.3, 0.4) is 0 Å². The maximum Gasteiger partial charge on any atom is 0.254 e. The van der Waals surface area contributed by atoms with Gasteiger partial charge in [0.1, 0.15) is 0 Å². The number of hydrogen-bond acceptors (Lipinski definition) is 1. The zero-order valence-electron chi connectivity index (χ0n) is 7.56. The van der Waals surface area contributed by atoms with Crippen molar-refractivity contribution in [3.63, 3.8) is 0 Å². The summed E-state index contributed by atoms with van der Waals surface area (Å²) in [6.45, 7) is 1.43. The molecule has 1 saturated carbocycles. The van der Waals surface area contributed by atoms with Crippen LogP contribution in [0.25, 0.3) is 0 Å². The summed E-state index contributed by atoms with van der Waals surface area (Å²) in [6, 6.07) is 0. The lowest BCUT2D eigenvalue weighted by Gasteiger charge is -2.30. The van der Waals surface area contributed by atoms with Gasteiger partial charge in [-0.25, -0.2) is 8.78 Å². The van der Waals surface area contributed by atoms with E-state index in [0.717, 1.165) is 25.8 Å². The Morgan fingerprint density at radius 1 is 1.08 bits per heavy atom. The predicted octanol–water partition coefficient (Wildman–Crippen LogP) is 2.45. The molecule has 2 rings (SSSR count). The smallest absolute Gasteiger partial charge is 0.254 e. The zero-order chi connectivity index (χ0) is 8.60. The third kappa shape index (κ3) is 2.32. The second-order valence-corrected chi connectivity index (χ2v) is 3.99. The molecule has 0 spiro atoms. The normalized spacial score (nSPS) is 29.5. The van der Waals surface area contributed by atoms with Gasteiger partial charge in [0.05, 0.1) is 0 Å². The quantitative estimate of drug-likeness (QED) is 0.740. The van der Waals surface area contributed by atoms with E-state index < -0.39 is 11.8 Å². The Morgan fingerprint density at radius 3 is 2.23 bits per heavy atom. The Kier molecular flexibility index (Phi) is 3.52. The van der Waals surface area contributed by atoms with E-state index >= 15 is 0 Å². The molecule has 0 bridgehead atoms. The highest BCUT2D eigenvalue weighted by atomic mass is 35.5. The SMILES string of the molecule is Cl.FC(F)(C1CC1)C1CCCNC1. The van der Waals surface area contributed by atoms with E-state index in [9.17, 15) is 8.78 Å². The van der Waals surface area contributed by atoms with Crippen molar-refractivity contribution in [1.82, 2.24) is 5.32 Å². The molecule has 1 atom stereocenters. The fourth-order valence-electron chi connectivity index (χ4n) is 1.98. The lowest BCUT2D eigenvalue weighted by atomic mass is 9.90. The maximum absolute atomic E-state index is 13.5. The molecule has 0 aromatic carbocycles.